The van der Waals surface area contributed by atoms with E-state index in [1.807, 2.05) is 0 Å². The SMILES string of the molecule is CC(F)(F)Oc1ccc([C@@H]2CCCCO2)cc1. The van der Waals surface area contributed by atoms with Gasteiger partial charge in [0, 0.05) is 13.5 Å². The molecule has 1 aromatic rings. The Labute approximate surface area is 99.5 Å². The van der Waals surface area contributed by atoms with Crippen LogP contribution < -0.4 is 4.74 Å². The minimum absolute atomic E-state index is 0.0972. The number of alkyl halides is 2. The van der Waals surface area contributed by atoms with E-state index in [1.54, 1.807) is 24.3 Å². The monoisotopic (exact) mass is 242 g/mol. The third kappa shape index (κ3) is 3.66. The molecule has 1 aliphatic heterocycles. The molecule has 0 N–H and O–H groups in total. The minimum atomic E-state index is -3.14. The fourth-order valence-corrected chi connectivity index (χ4v) is 1.96. The lowest BCUT2D eigenvalue weighted by molar-refractivity contribution is -0.158. The van der Waals surface area contributed by atoms with Crippen molar-refractivity contribution < 1.29 is 18.3 Å². The van der Waals surface area contributed by atoms with E-state index in [4.69, 9.17) is 4.74 Å². The van der Waals surface area contributed by atoms with Crippen LogP contribution in [-0.2, 0) is 4.74 Å². The zero-order chi connectivity index (χ0) is 12.3. The number of halogens is 2. The average Bonchev–Trinajstić information content (AvgIpc) is 2.29. The smallest absolute Gasteiger partial charge is 0.394 e. The first-order chi connectivity index (χ1) is 8.04. The number of hydrogen-bond donors (Lipinski definition) is 0. The number of ether oxygens (including phenoxy) is 2. The van der Waals surface area contributed by atoms with Crippen LogP contribution in [0.3, 0.4) is 0 Å². The summed E-state index contributed by atoms with van der Waals surface area (Å²) in [6.07, 6.45) is 0.197. The number of benzene rings is 1. The van der Waals surface area contributed by atoms with Gasteiger partial charge >= 0.3 is 6.11 Å². The van der Waals surface area contributed by atoms with Gasteiger partial charge in [-0.15, -0.1) is 0 Å². The Balaban J connectivity index is 2.02. The van der Waals surface area contributed by atoms with E-state index < -0.39 is 6.11 Å². The lowest BCUT2D eigenvalue weighted by atomic mass is 10.0. The van der Waals surface area contributed by atoms with Gasteiger partial charge in [0.1, 0.15) is 5.75 Å². The van der Waals surface area contributed by atoms with E-state index in [0.717, 1.165) is 38.4 Å². The Morgan fingerprint density at radius 3 is 2.47 bits per heavy atom. The van der Waals surface area contributed by atoms with Crippen molar-refractivity contribution in [1.82, 2.24) is 0 Å². The Kier molecular flexibility index (Phi) is 3.62. The van der Waals surface area contributed by atoms with Crippen LogP contribution in [0.25, 0.3) is 0 Å². The Morgan fingerprint density at radius 1 is 1.24 bits per heavy atom. The second-order valence-corrected chi connectivity index (χ2v) is 4.33. The van der Waals surface area contributed by atoms with Crippen molar-refractivity contribution in [2.24, 2.45) is 0 Å². The molecule has 0 bridgehead atoms. The number of rotatable bonds is 3. The Morgan fingerprint density at radius 2 is 1.94 bits per heavy atom. The van der Waals surface area contributed by atoms with Crippen molar-refractivity contribution in [2.75, 3.05) is 6.61 Å². The molecule has 1 saturated heterocycles. The highest BCUT2D eigenvalue weighted by Gasteiger charge is 2.23. The molecule has 0 aliphatic carbocycles. The van der Waals surface area contributed by atoms with E-state index in [9.17, 15) is 8.78 Å². The van der Waals surface area contributed by atoms with Crippen molar-refractivity contribution >= 4 is 0 Å². The highest BCUT2D eigenvalue weighted by molar-refractivity contribution is 5.29. The summed E-state index contributed by atoms with van der Waals surface area (Å²) in [5.74, 6) is 0.178. The average molecular weight is 242 g/mol. The summed E-state index contributed by atoms with van der Waals surface area (Å²) in [4.78, 5) is 0. The van der Waals surface area contributed by atoms with Gasteiger partial charge in [-0.25, -0.2) is 0 Å². The van der Waals surface area contributed by atoms with Gasteiger partial charge < -0.3 is 9.47 Å². The third-order valence-electron chi connectivity index (χ3n) is 2.73. The third-order valence-corrected chi connectivity index (χ3v) is 2.73. The first-order valence-electron chi connectivity index (χ1n) is 5.83. The van der Waals surface area contributed by atoms with Gasteiger partial charge in [-0.2, -0.15) is 8.78 Å². The van der Waals surface area contributed by atoms with Crippen molar-refractivity contribution in [2.45, 2.75) is 38.4 Å². The molecule has 2 nitrogen and oxygen atoms in total. The quantitative estimate of drug-likeness (QED) is 0.799. The largest absolute Gasteiger partial charge is 0.433 e. The second-order valence-electron chi connectivity index (χ2n) is 4.33. The van der Waals surface area contributed by atoms with Gasteiger partial charge in [-0.05, 0) is 37.0 Å². The van der Waals surface area contributed by atoms with Crippen molar-refractivity contribution in [3.05, 3.63) is 29.8 Å². The van der Waals surface area contributed by atoms with Gasteiger partial charge in [0.25, 0.3) is 0 Å². The maximum Gasteiger partial charge on any atom is 0.394 e. The number of hydrogen-bond acceptors (Lipinski definition) is 2. The van der Waals surface area contributed by atoms with Crippen LogP contribution in [-0.4, -0.2) is 12.7 Å². The van der Waals surface area contributed by atoms with Gasteiger partial charge in [0.05, 0.1) is 6.10 Å². The highest BCUT2D eigenvalue weighted by atomic mass is 19.3. The van der Waals surface area contributed by atoms with Crippen LogP contribution in [0.4, 0.5) is 8.78 Å². The van der Waals surface area contributed by atoms with E-state index in [-0.39, 0.29) is 11.9 Å². The van der Waals surface area contributed by atoms with Crippen LogP contribution in [0.15, 0.2) is 24.3 Å². The van der Waals surface area contributed by atoms with E-state index in [2.05, 4.69) is 4.74 Å². The molecule has 0 spiro atoms. The molecular weight excluding hydrogens is 226 g/mol. The molecule has 17 heavy (non-hydrogen) atoms. The molecule has 4 heteroatoms. The van der Waals surface area contributed by atoms with Crippen LogP contribution in [0.2, 0.25) is 0 Å². The summed E-state index contributed by atoms with van der Waals surface area (Å²) in [5, 5.41) is 0. The summed E-state index contributed by atoms with van der Waals surface area (Å²) < 4.78 is 35.3. The molecule has 1 atom stereocenters. The predicted octanol–water partition coefficient (Wildman–Crippen LogP) is 3.92. The molecule has 0 radical (unpaired) electrons. The molecule has 0 aromatic heterocycles. The first kappa shape index (κ1) is 12.3. The summed E-state index contributed by atoms with van der Waals surface area (Å²) in [6, 6.07) is 6.70. The van der Waals surface area contributed by atoms with Crippen molar-refractivity contribution in [3.8, 4) is 5.75 Å². The van der Waals surface area contributed by atoms with Crippen molar-refractivity contribution in [3.63, 3.8) is 0 Å². The van der Waals surface area contributed by atoms with E-state index >= 15 is 0 Å². The van der Waals surface area contributed by atoms with Crippen LogP contribution in [0, 0.1) is 0 Å². The fraction of sp³-hybridized carbons (Fsp3) is 0.538. The minimum Gasteiger partial charge on any atom is -0.433 e. The van der Waals surface area contributed by atoms with Crippen molar-refractivity contribution in [1.29, 1.82) is 0 Å². The maximum atomic E-state index is 12.6. The van der Waals surface area contributed by atoms with E-state index in [0.29, 0.717) is 0 Å². The van der Waals surface area contributed by atoms with Gasteiger partial charge in [0.15, 0.2) is 0 Å². The lowest BCUT2D eigenvalue weighted by Crippen LogP contribution is -2.19. The summed E-state index contributed by atoms with van der Waals surface area (Å²) in [7, 11) is 0. The molecule has 1 fully saturated rings. The Bertz CT molecular complexity index is 351. The standard InChI is InChI=1S/C13H16F2O2/c1-13(14,15)17-11-7-5-10(6-8-11)12-4-2-3-9-16-12/h5-8,12H,2-4,9H2,1H3/t12-/m0/s1. The molecule has 0 saturated carbocycles. The van der Waals surface area contributed by atoms with Gasteiger partial charge in [-0.3, -0.25) is 0 Å². The summed E-state index contributed by atoms with van der Waals surface area (Å²) in [6.45, 7) is 1.50. The summed E-state index contributed by atoms with van der Waals surface area (Å²) in [5.41, 5.74) is 1.02. The Hall–Kier alpha value is -1.16. The maximum absolute atomic E-state index is 12.6. The topological polar surface area (TPSA) is 18.5 Å². The zero-order valence-electron chi connectivity index (χ0n) is 9.79. The van der Waals surface area contributed by atoms with E-state index in [1.165, 1.54) is 0 Å². The second kappa shape index (κ2) is 5.00. The highest BCUT2D eigenvalue weighted by Crippen LogP contribution is 2.29. The normalized spacial score (nSPS) is 21.2. The van der Waals surface area contributed by atoms with Crippen LogP contribution in [0.5, 0.6) is 5.75 Å². The molecule has 1 aromatic carbocycles. The molecule has 94 valence electrons. The fourth-order valence-electron chi connectivity index (χ4n) is 1.96. The lowest BCUT2D eigenvalue weighted by Gasteiger charge is -2.23. The van der Waals surface area contributed by atoms with Crippen LogP contribution in [0.1, 0.15) is 37.9 Å². The molecule has 1 aliphatic rings. The molecular formula is C13H16F2O2. The van der Waals surface area contributed by atoms with Gasteiger partial charge in [-0.1, -0.05) is 12.1 Å². The summed E-state index contributed by atoms with van der Waals surface area (Å²) >= 11 is 0. The predicted molar refractivity (Wildman–Crippen MR) is 60.2 cm³/mol. The molecule has 0 unspecified atom stereocenters. The zero-order valence-corrected chi connectivity index (χ0v) is 9.79. The molecule has 2 rings (SSSR count). The van der Waals surface area contributed by atoms with Crippen LogP contribution >= 0.6 is 0 Å². The molecule has 1 heterocycles. The first-order valence-corrected chi connectivity index (χ1v) is 5.83. The van der Waals surface area contributed by atoms with Gasteiger partial charge in [0.2, 0.25) is 0 Å². The molecule has 0 amide bonds.